The molecule has 1 nitrogen and oxygen atoms in total. The summed E-state index contributed by atoms with van der Waals surface area (Å²) < 4.78 is 73.8. The van der Waals surface area contributed by atoms with Gasteiger partial charge >= 0.3 is 0 Å². The molecule has 9 aromatic rings. The second-order valence-electron chi connectivity index (χ2n) is 15.3. The van der Waals surface area contributed by atoms with Crippen LogP contribution in [0.25, 0.3) is 44.5 Å². The van der Waals surface area contributed by atoms with Crippen LogP contribution in [0.1, 0.15) is 33.2 Å². The molecule has 0 saturated carbocycles. The van der Waals surface area contributed by atoms with Gasteiger partial charge in [-0.25, -0.2) is 0 Å². The number of para-hydroxylation sites is 1. The average molecular weight is 746 g/mol. The first-order chi connectivity index (χ1) is 31.6. The molecule has 4 aliphatic rings. The van der Waals surface area contributed by atoms with E-state index in [2.05, 4.69) is 138 Å². The van der Waals surface area contributed by atoms with Gasteiger partial charge in [0, 0.05) is 5.69 Å². The monoisotopic (exact) mass is 745 g/mol. The third-order valence-electron chi connectivity index (χ3n) is 12.9. The van der Waals surface area contributed by atoms with E-state index in [-0.39, 0.29) is 47.4 Å². The largest absolute Gasteiger partial charge is 0.310 e. The summed E-state index contributed by atoms with van der Waals surface area (Å²) in [5, 5.41) is 2.41. The van der Waals surface area contributed by atoms with Crippen LogP contribution in [0.4, 0.5) is 17.1 Å². The van der Waals surface area contributed by atoms with Crippen LogP contribution in [0, 0.1) is 0 Å². The van der Waals surface area contributed by atoms with E-state index in [1.54, 1.807) is 0 Å². The van der Waals surface area contributed by atoms with Crippen LogP contribution < -0.4 is 25.6 Å². The number of hydrogen-bond acceptors (Lipinski definition) is 1. The van der Waals surface area contributed by atoms with E-state index in [0.29, 0.717) is 10.4 Å². The first kappa shape index (κ1) is 24.5. The molecule has 0 aromatic heterocycles. The zero-order chi connectivity index (χ0) is 44.3. The molecule has 3 aliphatic heterocycles. The van der Waals surface area contributed by atoms with Crippen molar-refractivity contribution in [2.75, 3.05) is 4.90 Å². The molecule has 3 heterocycles. The van der Waals surface area contributed by atoms with E-state index in [9.17, 15) is 5.48 Å². The topological polar surface area (TPSA) is 3.24 Å². The molecular weight excluding hydrogens is 703 g/mol. The van der Waals surface area contributed by atoms with E-state index < -0.39 is 25.6 Å². The summed E-state index contributed by atoms with van der Waals surface area (Å²) in [7, 11) is -3.92. The molecule has 0 radical (unpaired) electrons. The van der Waals surface area contributed by atoms with Gasteiger partial charge in [0.2, 0.25) is 0 Å². The van der Waals surface area contributed by atoms with Crippen molar-refractivity contribution < 1.29 is 11.0 Å². The fourth-order valence-electron chi connectivity index (χ4n) is 10.8. The van der Waals surface area contributed by atoms with E-state index in [1.165, 1.54) is 22.3 Å². The maximum atomic E-state index is 9.67. The van der Waals surface area contributed by atoms with Crippen molar-refractivity contribution in [1.29, 1.82) is 0 Å². The van der Waals surface area contributed by atoms with Gasteiger partial charge in [0.25, 0.3) is 0 Å². The Kier molecular flexibility index (Phi) is 4.85. The molecule has 264 valence electrons. The first-order valence-corrected chi connectivity index (χ1v) is 21.4. The summed E-state index contributed by atoms with van der Waals surface area (Å²) in [6, 6.07) is 54.9. The van der Waals surface area contributed by atoms with Gasteiger partial charge in [0.1, 0.15) is 0 Å². The molecule has 0 atom stereocenters. The molecule has 2 heteroatoms. The van der Waals surface area contributed by atoms with Crippen LogP contribution in [0.3, 0.4) is 0 Å². The van der Waals surface area contributed by atoms with Gasteiger partial charge in [0.05, 0.1) is 27.8 Å². The third kappa shape index (κ3) is 3.79. The lowest BCUT2D eigenvalue weighted by Gasteiger charge is -2.45. The lowest BCUT2D eigenvalue weighted by molar-refractivity contribution is 0.753. The Morgan fingerprint density at radius 1 is 0.368 bits per heavy atom. The quantitative estimate of drug-likeness (QED) is 0.159. The molecule has 0 bridgehead atoms. The van der Waals surface area contributed by atoms with Gasteiger partial charge in [-0.3, -0.25) is 0 Å². The number of rotatable bonds is 2. The summed E-state index contributed by atoms with van der Waals surface area (Å²) in [4.78, 5) is 2.32. The molecule has 1 aliphatic carbocycles. The van der Waals surface area contributed by atoms with Gasteiger partial charge in [-0.15, -0.1) is 0 Å². The Bertz CT molecular complexity index is 3510. The second kappa shape index (κ2) is 11.3. The molecule has 9 aromatic carbocycles. The van der Waals surface area contributed by atoms with Gasteiger partial charge < -0.3 is 4.90 Å². The number of nitrogens with zero attached hydrogens (tertiary/aromatic N) is 1. The summed E-state index contributed by atoms with van der Waals surface area (Å²) in [5.41, 5.74) is 13.4. The number of anilines is 3. The van der Waals surface area contributed by atoms with Gasteiger partial charge in [0.15, 0.2) is 8.07 Å². The molecule has 57 heavy (non-hydrogen) atoms. The van der Waals surface area contributed by atoms with E-state index in [4.69, 9.17) is 5.48 Å². The van der Waals surface area contributed by atoms with Crippen molar-refractivity contribution in [2.24, 2.45) is 0 Å². The fourth-order valence-corrected chi connectivity index (χ4v) is 16.0. The highest BCUT2D eigenvalue weighted by molar-refractivity contribution is 7.24. The number of benzene rings is 9. The van der Waals surface area contributed by atoms with E-state index >= 15 is 0 Å². The Labute approximate surface area is 345 Å². The zero-order valence-corrected chi connectivity index (χ0v) is 31.5. The highest BCUT2D eigenvalue weighted by Crippen LogP contribution is 2.63. The normalized spacial score (nSPS) is 16.9. The molecular formula is C55H35NSi. The maximum absolute atomic E-state index is 9.67. The Balaban J connectivity index is 1.15. The fraction of sp³-hybridized carbons (Fsp3) is 0.0182. The van der Waals surface area contributed by atoms with Crippen molar-refractivity contribution in [3.63, 3.8) is 0 Å². The predicted octanol–water partition coefficient (Wildman–Crippen LogP) is 10.8. The molecule has 13 rings (SSSR count). The van der Waals surface area contributed by atoms with Crippen LogP contribution in [0.5, 0.6) is 0 Å². The summed E-state index contributed by atoms with van der Waals surface area (Å²) >= 11 is 0. The van der Waals surface area contributed by atoms with Crippen molar-refractivity contribution in [3.8, 4) is 44.5 Å². The average Bonchev–Trinajstić information content (AvgIpc) is 3.94. The summed E-state index contributed by atoms with van der Waals surface area (Å²) in [5.74, 6) is 0. The Morgan fingerprint density at radius 3 is 1.65 bits per heavy atom. The van der Waals surface area contributed by atoms with Crippen LogP contribution in [0.2, 0.25) is 0 Å². The molecule has 0 saturated heterocycles. The first-order valence-electron chi connectivity index (χ1n) is 23.4. The molecule has 0 fully saturated rings. The molecule has 0 amide bonds. The minimum absolute atomic E-state index is 0.167. The van der Waals surface area contributed by atoms with Crippen LogP contribution in [0.15, 0.2) is 212 Å². The van der Waals surface area contributed by atoms with E-state index in [0.717, 1.165) is 60.8 Å². The van der Waals surface area contributed by atoms with Crippen LogP contribution >= 0.6 is 0 Å². The Morgan fingerprint density at radius 2 is 0.930 bits per heavy atom. The van der Waals surface area contributed by atoms with E-state index in [1.807, 2.05) is 30.3 Å². The molecule has 0 N–H and O–H groups in total. The van der Waals surface area contributed by atoms with Crippen molar-refractivity contribution in [3.05, 3.63) is 234 Å². The van der Waals surface area contributed by atoms with Gasteiger partial charge in [-0.2, -0.15) is 0 Å². The maximum Gasteiger partial charge on any atom is 0.182 e. The highest BCUT2D eigenvalue weighted by Gasteiger charge is 2.55. The summed E-state index contributed by atoms with van der Waals surface area (Å²) in [6.07, 6.45) is 0. The second-order valence-corrected chi connectivity index (χ2v) is 18.9. The standard InChI is InChI=1S/C55H35NSi/c1-2-16-36(17-3-1)37-30-33-50-48(34-37)55(45-23-9-4-18-39(45)40-19-5-10-24-46(40)55)47-25-11-12-26-49(47)56(50)38-31-32-44-43-22-8-15-29-53(43)57(54(44)35-38)51-27-13-6-20-41(51)42-21-7-14-28-52(42)57/h1-35H/i6D,7D,13D,14D,20D,21D,27D,28D. The lowest BCUT2D eigenvalue weighted by Crippen LogP contribution is -2.70. The van der Waals surface area contributed by atoms with Crippen LogP contribution in [-0.4, -0.2) is 8.07 Å². The SMILES string of the molecule is [2H]c1c([2H])c([2H])c2c(c1[2H])-c1c([2H])c([2H])c([2H])c([2H])c1[Si]21c2ccccc2-c2ccc(N3c4ccccc4C4(c5ccccc5-c5ccccc54)c4cc(-c5ccccc5)ccc43)cc21. The van der Waals surface area contributed by atoms with Crippen molar-refractivity contribution in [2.45, 2.75) is 5.41 Å². The smallest absolute Gasteiger partial charge is 0.182 e. The summed E-state index contributed by atoms with van der Waals surface area (Å²) in [6.45, 7) is 0. The minimum atomic E-state index is -3.92. The number of fused-ring (bicyclic) bond motifs is 19. The third-order valence-corrected chi connectivity index (χ3v) is 17.6. The molecule has 0 unspecified atom stereocenters. The van der Waals surface area contributed by atoms with Crippen molar-refractivity contribution >= 4 is 45.9 Å². The molecule has 2 spiro atoms. The van der Waals surface area contributed by atoms with Crippen molar-refractivity contribution in [1.82, 2.24) is 0 Å². The number of hydrogen-bond donors (Lipinski definition) is 0. The minimum Gasteiger partial charge on any atom is -0.310 e. The predicted molar refractivity (Wildman–Crippen MR) is 239 cm³/mol. The zero-order valence-electron chi connectivity index (χ0n) is 38.5. The van der Waals surface area contributed by atoms with Crippen LogP contribution in [-0.2, 0) is 5.41 Å². The highest BCUT2D eigenvalue weighted by atomic mass is 28.3. The Hall–Kier alpha value is -7.00. The lowest BCUT2D eigenvalue weighted by atomic mass is 9.64. The van der Waals surface area contributed by atoms with Gasteiger partial charge in [-0.1, -0.05) is 182 Å². The van der Waals surface area contributed by atoms with Gasteiger partial charge in [-0.05, 0) is 118 Å².